The summed E-state index contributed by atoms with van der Waals surface area (Å²) in [7, 11) is 0. The van der Waals surface area contributed by atoms with Crippen LogP contribution in [0.5, 0.6) is 5.75 Å². The average molecular weight is 335 g/mol. The molecule has 0 spiro atoms. The van der Waals surface area contributed by atoms with Gasteiger partial charge in [-0.25, -0.2) is 0 Å². The van der Waals surface area contributed by atoms with Crippen molar-refractivity contribution in [2.75, 3.05) is 6.54 Å². The Bertz CT molecular complexity index is 557. The molecule has 0 fully saturated rings. The fourth-order valence-corrected chi connectivity index (χ4v) is 2.26. The molecule has 0 saturated carbocycles. The summed E-state index contributed by atoms with van der Waals surface area (Å²) in [5, 5.41) is 14.5. The zero-order chi connectivity index (χ0) is 18.1. The molecule has 0 saturated heterocycles. The lowest BCUT2D eigenvalue weighted by atomic mass is 10.0. The summed E-state index contributed by atoms with van der Waals surface area (Å²) in [6, 6.07) is 4.94. The molecule has 0 aliphatic heterocycles. The van der Waals surface area contributed by atoms with Crippen LogP contribution in [-0.4, -0.2) is 41.8 Å². The molecule has 0 bridgehead atoms. The van der Waals surface area contributed by atoms with Crippen LogP contribution in [0.2, 0.25) is 0 Å². The van der Waals surface area contributed by atoms with Crippen LogP contribution in [0.4, 0.5) is 0 Å². The first-order valence-corrected chi connectivity index (χ1v) is 7.88. The molecular weight excluding hydrogens is 310 g/mol. The Morgan fingerprint density at radius 1 is 1.21 bits per heavy atom. The van der Waals surface area contributed by atoms with E-state index in [-0.39, 0.29) is 18.2 Å². The highest BCUT2D eigenvalue weighted by Crippen LogP contribution is 2.11. The van der Waals surface area contributed by atoms with Crippen LogP contribution in [0.3, 0.4) is 0 Å². The number of rotatable bonds is 9. The number of hydrogen-bond donors (Lipinski definition) is 4. The van der Waals surface area contributed by atoms with Crippen molar-refractivity contribution in [3.05, 3.63) is 29.8 Å². The van der Waals surface area contributed by atoms with E-state index in [1.165, 1.54) is 12.1 Å². The third-order valence-corrected chi connectivity index (χ3v) is 3.43. The number of phenolic OH excluding ortho intramolecular Hbond substituents is 1. The van der Waals surface area contributed by atoms with Crippen LogP contribution < -0.4 is 16.4 Å². The van der Waals surface area contributed by atoms with Crippen molar-refractivity contribution < 1.29 is 19.5 Å². The summed E-state index contributed by atoms with van der Waals surface area (Å²) < 4.78 is 0. The molecule has 0 radical (unpaired) electrons. The van der Waals surface area contributed by atoms with E-state index in [0.29, 0.717) is 19.1 Å². The standard InChI is InChI=1S/C17H25N3O4/c1-11(2)7-15(20-16(23)9-18)17(24)19-13(10-21)8-12-3-5-14(22)6-4-12/h3-6,10-11,13,15,22H,7-9,18H2,1-2H3,(H,19,24)(H,20,23). The number of amides is 2. The van der Waals surface area contributed by atoms with Gasteiger partial charge in [0.05, 0.1) is 12.6 Å². The monoisotopic (exact) mass is 335 g/mol. The molecule has 0 aliphatic rings. The van der Waals surface area contributed by atoms with Crippen molar-refractivity contribution in [3.8, 4) is 5.75 Å². The van der Waals surface area contributed by atoms with Crippen molar-refractivity contribution in [1.82, 2.24) is 10.6 Å². The summed E-state index contributed by atoms with van der Waals surface area (Å²) >= 11 is 0. The van der Waals surface area contributed by atoms with Crippen molar-refractivity contribution in [2.24, 2.45) is 11.7 Å². The Hall–Kier alpha value is -2.41. The van der Waals surface area contributed by atoms with Gasteiger partial charge in [0.15, 0.2) is 0 Å². The van der Waals surface area contributed by atoms with Crippen LogP contribution in [0.15, 0.2) is 24.3 Å². The summed E-state index contributed by atoms with van der Waals surface area (Å²) in [4.78, 5) is 35.1. The Morgan fingerprint density at radius 2 is 1.83 bits per heavy atom. The summed E-state index contributed by atoms with van der Waals surface area (Å²) in [5.74, 6) is -0.518. The minimum absolute atomic E-state index is 0.131. The number of aromatic hydroxyl groups is 1. The summed E-state index contributed by atoms with van der Waals surface area (Å²) in [6.45, 7) is 3.66. The van der Waals surface area contributed by atoms with Crippen LogP contribution >= 0.6 is 0 Å². The molecule has 0 heterocycles. The van der Waals surface area contributed by atoms with E-state index in [2.05, 4.69) is 10.6 Å². The number of phenols is 1. The fraction of sp³-hybridized carbons (Fsp3) is 0.471. The largest absolute Gasteiger partial charge is 0.508 e. The van der Waals surface area contributed by atoms with Crippen molar-refractivity contribution in [1.29, 1.82) is 0 Å². The molecule has 7 nitrogen and oxygen atoms in total. The maximum Gasteiger partial charge on any atom is 0.243 e. The molecule has 5 N–H and O–H groups in total. The van der Waals surface area contributed by atoms with Gasteiger partial charge in [0.25, 0.3) is 0 Å². The van der Waals surface area contributed by atoms with Crippen LogP contribution in [0.1, 0.15) is 25.8 Å². The normalized spacial score (nSPS) is 13.2. The molecule has 0 aromatic heterocycles. The van der Waals surface area contributed by atoms with Crippen LogP contribution in [-0.2, 0) is 20.8 Å². The molecule has 7 heteroatoms. The van der Waals surface area contributed by atoms with E-state index in [1.54, 1.807) is 12.1 Å². The molecule has 0 aliphatic carbocycles. The Kier molecular flexibility index (Phi) is 7.91. The molecule has 2 amide bonds. The predicted molar refractivity (Wildman–Crippen MR) is 90.2 cm³/mol. The molecule has 1 aromatic rings. The Morgan fingerprint density at radius 3 is 2.33 bits per heavy atom. The van der Waals surface area contributed by atoms with E-state index < -0.39 is 23.9 Å². The number of benzene rings is 1. The molecule has 24 heavy (non-hydrogen) atoms. The molecule has 1 rings (SSSR count). The second-order valence-electron chi connectivity index (χ2n) is 6.08. The van der Waals surface area contributed by atoms with E-state index in [1.807, 2.05) is 13.8 Å². The van der Waals surface area contributed by atoms with Gasteiger partial charge in [-0.2, -0.15) is 0 Å². The SMILES string of the molecule is CC(C)CC(NC(=O)CN)C(=O)NC(C=O)Cc1ccc(O)cc1. The summed E-state index contributed by atoms with van der Waals surface area (Å²) in [5.41, 5.74) is 6.08. The van der Waals surface area contributed by atoms with E-state index in [0.717, 1.165) is 5.56 Å². The van der Waals surface area contributed by atoms with Gasteiger partial charge in [-0.1, -0.05) is 26.0 Å². The van der Waals surface area contributed by atoms with E-state index in [9.17, 15) is 19.5 Å². The topological polar surface area (TPSA) is 122 Å². The van der Waals surface area contributed by atoms with Gasteiger partial charge in [-0.15, -0.1) is 0 Å². The van der Waals surface area contributed by atoms with Gasteiger partial charge in [-0.3, -0.25) is 9.59 Å². The fourth-order valence-electron chi connectivity index (χ4n) is 2.26. The van der Waals surface area contributed by atoms with E-state index >= 15 is 0 Å². The third-order valence-electron chi connectivity index (χ3n) is 3.43. The smallest absolute Gasteiger partial charge is 0.243 e. The van der Waals surface area contributed by atoms with Crippen molar-refractivity contribution in [3.63, 3.8) is 0 Å². The van der Waals surface area contributed by atoms with Gasteiger partial charge >= 0.3 is 0 Å². The summed E-state index contributed by atoms with van der Waals surface area (Å²) in [6.07, 6.45) is 1.40. The van der Waals surface area contributed by atoms with Gasteiger partial charge < -0.3 is 26.3 Å². The van der Waals surface area contributed by atoms with Crippen LogP contribution in [0, 0.1) is 5.92 Å². The molecule has 2 unspecified atom stereocenters. The Labute approximate surface area is 141 Å². The Balaban J connectivity index is 2.72. The minimum atomic E-state index is -0.733. The van der Waals surface area contributed by atoms with E-state index in [4.69, 9.17) is 5.73 Å². The van der Waals surface area contributed by atoms with Gasteiger partial charge in [0, 0.05) is 0 Å². The number of carbonyl (C=O) groups is 3. The molecular formula is C17H25N3O4. The second-order valence-corrected chi connectivity index (χ2v) is 6.08. The molecule has 2 atom stereocenters. The molecule has 132 valence electrons. The zero-order valence-corrected chi connectivity index (χ0v) is 14.0. The highest BCUT2D eigenvalue weighted by atomic mass is 16.3. The number of nitrogens with one attached hydrogen (secondary N) is 2. The highest BCUT2D eigenvalue weighted by molar-refractivity contribution is 5.89. The van der Waals surface area contributed by atoms with Crippen molar-refractivity contribution >= 4 is 18.1 Å². The first-order valence-electron chi connectivity index (χ1n) is 7.88. The minimum Gasteiger partial charge on any atom is -0.508 e. The highest BCUT2D eigenvalue weighted by Gasteiger charge is 2.23. The number of aldehydes is 1. The first-order chi connectivity index (χ1) is 11.3. The van der Waals surface area contributed by atoms with Gasteiger partial charge in [-0.05, 0) is 36.5 Å². The maximum absolute atomic E-state index is 12.4. The third kappa shape index (κ3) is 6.78. The number of carbonyl (C=O) groups excluding carboxylic acids is 3. The van der Waals surface area contributed by atoms with Gasteiger partial charge in [0.2, 0.25) is 11.8 Å². The lowest BCUT2D eigenvalue weighted by Gasteiger charge is -2.22. The van der Waals surface area contributed by atoms with Gasteiger partial charge in [0.1, 0.15) is 18.1 Å². The quantitative estimate of drug-likeness (QED) is 0.477. The second kappa shape index (κ2) is 9.67. The number of nitrogens with two attached hydrogens (primary N) is 1. The van der Waals surface area contributed by atoms with Crippen LogP contribution in [0.25, 0.3) is 0 Å². The number of hydrogen-bond acceptors (Lipinski definition) is 5. The lowest BCUT2D eigenvalue weighted by Crippen LogP contribution is -2.52. The van der Waals surface area contributed by atoms with Crippen molar-refractivity contribution in [2.45, 2.75) is 38.8 Å². The average Bonchev–Trinajstić information content (AvgIpc) is 2.54. The maximum atomic E-state index is 12.4. The zero-order valence-electron chi connectivity index (χ0n) is 14.0. The molecule has 1 aromatic carbocycles. The first kappa shape index (κ1) is 19.6. The predicted octanol–water partition coefficient (Wildman–Crippen LogP) is 0.108. The lowest BCUT2D eigenvalue weighted by molar-refractivity contribution is -0.130.